The first-order valence-electron chi connectivity index (χ1n) is 5.67. The smallest absolute Gasteiger partial charge is 0.146 e. The molecule has 2 nitrogen and oxygen atoms in total. The van der Waals surface area contributed by atoms with Crippen LogP contribution in [-0.2, 0) is 13.0 Å². The summed E-state index contributed by atoms with van der Waals surface area (Å²) in [6, 6.07) is 3.85. The van der Waals surface area contributed by atoms with Crippen molar-refractivity contribution in [1.82, 2.24) is 9.55 Å². The van der Waals surface area contributed by atoms with Gasteiger partial charge >= 0.3 is 0 Å². The topological polar surface area (TPSA) is 17.8 Å². The summed E-state index contributed by atoms with van der Waals surface area (Å²) in [5, 5.41) is 0. The molecule has 0 amide bonds. The van der Waals surface area contributed by atoms with E-state index in [4.69, 9.17) is 0 Å². The summed E-state index contributed by atoms with van der Waals surface area (Å²) in [6.45, 7) is 4.57. The lowest BCUT2D eigenvalue weighted by Gasteiger charge is -2.09. The lowest BCUT2D eigenvalue weighted by molar-refractivity contribution is 0.583. The molecule has 0 saturated carbocycles. The Morgan fingerprint density at radius 3 is 2.35 bits per heavy atom. The molecule has 0 fully saturated rings. The van der Waals surface area contributed by atoms with Crippen LogP contribution in [0.5, 0.6) is 0 Å². The molecule has 0 bridgehead atoms. The molecule has 0 radical (unpaired) electrons. The molecule has 0 unspecified atom stereocenters. The first kappa shape index (κ1) is 11.8. The number of aryl methyl sites for hydroxylation is 1. The van der Waals surface area contributed by atoms with Crippen LogP contribution < -0.4 is 0 Å². The van der Waals surface area contributed by atoms with E-state index in [1.807, 2.05) is 18.4 Å². The monoisotopic (exact) mass is 236 g/mol. The fourth-order valence-corrected chi connectivity index (χ4v) is 1.96. The summed E-state index contributed by atoms with van der Waals surface area (Å²) in [5.74, 6) is -0.791. The molecule has 0 spiro atoms. The summed E-state index contributed by atoms with van der Waals surface area (Å²) in [6.07, 6.45) is 2.46. The van der Waals surface area contributed by atoms with Crippen LogP contribution in [0, 0.1) is 11.6 Å². The maximum Gasteiger partial charge on any atom is 0.146 e. The Labute approximate surface area is 98.9 Å². The van der Waals surface area contributed by atoms with Crippen LogP contribution in [0.25, 0.3) is 11.4 Å². The molecule has 4 heteroatoms. The molecular weight excluding hydrogens is 222 g/mol. The van der Waals surface area contributed by atoms with Gasteiger partial charge in [0.15, 0.2) is 0 Å². The molecular formula is C13H14F2N2. The van der Waals surface area contributed by atoms with Crippen molar-refractivity contribution in [1.29, 1.82) is 0 Å². The lowest BCUT2D eigenvalue weighted by atomic mass is 10.2. The number of imidazole rings is 1. The highest BCUT2D eigenvalue weighted by atomic mass is 19.1. The fourth-order valence-electron chi connectivity index (χ4n) is 1.96. The van der Waals surface area contributed by atoms with Gasteiger partial charge in [0.25, 0.3) is 0 Å². The van der Waals surface area contributed by atoms with E-state index in [9.17, 15) is 8.78 Å². The average Bonchev–Trinajstić information content (AvgIpc) is 2.71. The van der Waals surface area contributed by atoms with Crippen molar-refractivity contribution in [3.63, 3.8) is 0 Å². The zero-order valence-electron chi connectivity index (χ0n) is 9.87. The predicted octanol–water partition coefficient (Wildman–Crippen LogP) is 3.41. The number of hydrogen-bond acceptors (Lipinski definition) is 1. The van der Waals surface area contributed by atoms with E-state index in [1.165, 1.54) is 18.2 Å². The SMILES string of the molecule is CCc1cnc(-c2c(F)cccc2F)n1CC. The fraction of sp³-hybridized carbons (Fsp3) is 0.308. The first-order valence-corrected chi connectivity index (χ1v) is 5.67. The number of hydrogen-bond donors (Lipinski definition) is 0. The molecule has 0 aliphatic rings. The van der Waals surface area contributed by atoms with Crippen molar-refractivity contribution in [3.05, 3.63) is 41.7 Å². The first-order chi connectivity index (χ1) is 8.19. The molecule has 2 rings (SSSR count). The minimum atomic E-state index is -0.576. The Balaban J connectivity index is 2.64. The Morgan fingerprint density at radius 1 is 1.18 bits per heavy atom. The number of nitrogens with zero attached hydrogens (tertiary/aromatic N) is 2. The molecule has 0 N–H and O–H groups in total. The highest BCUT2D eigenvalue weighted by Gasteiger charge is 2.17. The maximum atomic E-state index is 13.7. The number of halogens is 2. The van der Waals surface area contributed by atoms with Crippen LogP contribution >= 0.6 is 0 Å². The minimum Gasteiger partial charge on any atom is -0.328 e. The van der Waals surface area contributed by atoms with Gasteiger partial charge in [-0.05, 0) is 25.5 Å². The van der Waals surface area contributed by atoms with Crippen LogP contribution in [0.1, 0.15) is 19.5 Å². The van der Waals surface area contributed by atoms with Crippen LogP contribution in [0.15, 0.2) is 24.4 Å². The van der Waals surface area contributed by atoms with Crippen molar-refractivity contribution < 1.29 is 8.78 Å². The maximum absolute atomic E-state index is 13.7. The van der Waals surface area contributed by atoms with Crippen molar-refractivity contribution in [2.45, 2.75) is 26.8 Å². The van der Waals surface area contributed by atoms with E-state index in [0.717, 1.165) is 12.1 Å². The normalized spacial score (nSPS) is 10.8. The van der Waals surface area contributed by atoms with Gasteiger partial charge in [-0.2, -0.15) is 0 Å². The summed E-state index contributed by atoms with van der Waals surface area (Å²) in [7, 11) is 0. The van der Waals surface area contributed by atoms with Crippen molar-refractivity contribution in [2.24, 2.45) is 0 Å². The van der Waals surface area contributed by atoms with Crippen molar-refractivity contribution >= 4 is 0 Å². The second kappa shape index (κ2) is 4.65. The van der Waals surface area contributed by atoms with Crippen LogP contribution in [0.2, 0.25) is 0 Å². The van der Waals surface area contributed by atoms with E-state index in [-0.39, 0.29) is 5.56 Å². The molecule has 90 valence electrons. The van der Waals surface area contributed by atoms with Gasteiger partial charge in [-0.25, -0.2) is 13.8 Å². The van der Waals surface area contributed by atoms with Gasteiger partial charge < -0.3 is 4.57 Å². The Bertz CT molecular complexity index is 512. The third kappa shape index (κ3) is 1.95. The number of aromatic nitrogens is 2. The molecule has 17 heavy (non-hydrogen) atoms. The van der Waals surface area contributed by atoms with Crippen molar-refractivity contribution in [2.75, 3.05) is 0 Å². The Morgan fingerprint density at radius 2 is 1.82 bits per heavy atom. The zero-order chi connectivity index (χ0) is 12.4. The zero-order valence-corrected chi connectivity index (χ0v) is 9.87. The van der Waals surface area contributed by atoms with Gasteiger partial charge in [-0.3, -0.25) is 0 Å². The minimum absolute atomic E-state index is 0.0472. The largest absolute Gasteiger partial charge is 0.328 e. The molecule has 2 aromatic rings. The molecule has 0 atom stereocenters. The lowest BCUT2D eigenvalue weighted by Crippen LogP contribution is -2.04. The highest BCUT2D eigenvalue weighted by molar-refractivity contribution is 5.58. The molecule has 0 saturated heterocycles. The molecule has 1 heterocycles. The summed E-state index contributed by atoms with van der Waals surface area (Å²) >= 11 is 0. The summed E-state index contributed by atoms with van der Waals surface area (Å²) < 4.78 is 29.2. The van der Waals surface area contributed by atoms with E-state index in [2.05, 4.69) is 4.98 Å². The second-order valence-electron chi connectivity index (χ2n) is 3.77. The van der Waals surface area contributed by atoms with Gasteiger partial charge in [-0.1, -0.05) is 13.0 Å². The van der Waals surface area contributed by atoms with Crippen LogP contribution in [-0.4, -0.2) is 9.55 Å². The Kier molecular flexibility index (Phi) is 3.22. The molecule has 0 aliphatic carbocycles. The van der Waals surface area contributed by atoms with Gasteiger partial charge in [0.2, 0.25) is 0 Å². The molecule has 1 aromatic carbocycles. The third-order valence-electron chi connectivity index (χ3n) is 2.80. The van der Waals surface area contributed by atoms with Crippen LogP contribution in [0.3, 0.4) is 0 Å². The van der Waals surface area contributed by atoms with E-state index in [1.54, 1.807) is 6.20 Å². The van der Waals surface area contributed by atoms with Gasteiger partial charge in [0.05, 0.1) is 5.56 Å². The highest BCUT2D eigenvalue weighted by Crippen LogP contribution is 2.25. The number of benzene rings is 1. The summed E-state index contributed by atoms with van der Waals surface area (Å²) in [4.78, 5) is 4.13. The molecule has 0 aliphatic heterocycles. The van der Waals surface area contributed by atoms with E-state index >= 15 is 0 Å². The summed E-state index contributed by atoms with van der Waals surface area (Å²) in [5.41, 5.74) is 0.930. The standard InChI is InChI=1S/C13H14F2N2/c1-3-9-8-16-13(17(9)4-2)12-10(14)6-5-7-11(12)15/h5-8H,3-4H2,1-2H3. The van der Waals surface area contributed by atoms with Crippen molar-refractivity contribution in [3.8, 4) is 11.4 Å². The second-order valence-corrected chi connectivity index (χ2v) is 3.77. The Hall–Kier alpha value is -1.71. The molecule has 1 aromatic heterocycles. The van der Waals surface area contributed by atoms with Crippen LogP contribution in [0.4, 0.5) is 8.78 Å². The van der Waals surface area contributed by atoms with E-state index < -0.39 is 11.6 Å². The average molecular weight is 236 g/mol. The van der Waals surface area contributed by atoms with Gasteiger partial charge in [-0.15, -0.1) is 0 Å². The number of rotatable bonds is 3. The van der Waals surface area contributed by atoms with Gasteiger partial charge in [0, 0.05) is 18.4 Å². The third-order valence-corrected chi connectivity index (χ3v) is 2.80. The van der Waals surface area contributed by atoms with E-state index in [0.29, 0.717) is 12.4 Å². The predicted molar refractivity (Wildman–Crippen MR) is 62.6 cm³/mol. The van der Waals surface area contributed by atoms with Gasteiger partial charge in [0.1, 0.15) is 17.5 Å². The quantitative estimate of drug-likeness (QED) is 0.798.